The summed E-state index contributed by atoms with van der Waals surface area (Å²) < 4.78 is 5.05. The minimum atomic E-state index is -1.10. The first-order chi connectivity index (χ1) is 12.3. The molecule has 2 rings (SSSR count). The van der Waals surface area contributed by atoms with E-state index in [2.05, 4.69) is 5.32 Å². The van der Waals surface area contributed by atoms with Gasteiger partial charge in [0.25, 0.3) is 11.6 Å². The molecule has 0 aliphatic carbocycles. The molecule has 0 radical (unpaired) electrons. The lowest BCUT2D eigenvalue weighted by atomic mass is 10.0. The van der Waals surface area contributed by atoms with Gasteiger partial charge in [0.05, 0.1) is 24.5 Å². The van der Waals surface area contributed by atoms with Crippen molar-refractivity contribution in [3.63, 3.8) is 0 Å². The zero-order chi connectivity index (χ0) is 19.3. The van der Waals surface area contributed by atoms with Gasteiger partial charge in [0.1, 0.15) is 10.8 Å². The Morgan fingerprint density at radius 1 is 1.27 bits per heavy atom. The highest BCUT2D eigenvalue weighted by molar-refractivity contribution is 6.32. The van der Waals surface area contributed by atoms with Crippen LogP contribution in [0.4, 0.5) is 5.69 Å². The van der Waals surface area contributed by atoms with Crippen molar-refractivity contribution in [2.24, 2.45) is 0 Å². The van der Waals surface area contributed by atoms with Crippen molar-refractivity contribution in [1.82, 2.24) is 5.32 Å². The molecular weight excluding hydrogens is 364 g/mol. The minimum Gasteiger partial charge on any atom is -0.497 e. The third-order valence-electron chi connectivity index (χ3n) is 3.61. The molecule has 136 valence electrons. The molecule has 2 aromatic rings. The van der Waals surface area contributed by atoms with Crippen LogP contribution >= 0.6 is 11.6 Å². The standard InChI is InChI=1S/C17H15ClN2O6/c1-26-12-5-2-10(3-6-12)14(9-16(21)22)19-17(23)11-4-7-13(18)15(8-11)20(24)25/h2-8,14H,9H2,1H3,(H,19,23)(H,21,22)/t14-/m1/s1. The van der Waals surface area contributed by atoms with Crippen LogP contribution in [0.3, 0.4) is 0 Å². The van der Waals surface area contributed by atoms with Gasteiger partial charge in [0, 0.05) is 11.6 Å². The predicted molar refractivity (Wildman–Crippen MR) is 93.6 cm³/mol. The maximum atomic E-state index is 12.4. The fraction of sp³-hybridized carbons (Fsp3) is 0.176. The second-order valence-electron chi connectivity index (χ2n) is 5.32. The molecule has 8 nitrogen and oxygen atoms in total. The van der Waals surface area contributed by atoms with Crippen molar-refractivity contribution in [3.8, 4) is 5.75 Å². The molecule has 0 fully saturated rings. The van der Waals surface area contributed by atoms with E-state index in [-0.39, 0.29) is 17.0 Å². The quantitative estimate of drug-likeness (QED) is 0.564. The Hall–Kier alpha value is -3.13. The Balaban J connectivity index is 2.27. The number of ether oxygens (including phenoxy) is 1. The number of hydrogen-bond donors (Lipinski definition) is 2. The van der Waals surface area contributed by atoms with Gasteiger partial charge in [-0.1, -0.05) is 23.7 Å². The van der Waals surface area contributed by atoms with Crippen LogP contribution in [0.1, 0.15) is 28.4 Å². The summed E-state index contributed by atoms with van der Waals surface area (Å²) in [6, 6.07) is 9.36. The third-order valence-corrected chi connectivity index (χ3v) is 3.93. The lowest BCUT2D eigenvalue weighted by molar-refractivity contribution is -0.384. The SMILES string of the molecule is COc1ccc([C@@H](CC(=O)O)NC(=O)c2ccc(Cl)c([N+](=O)[O-])c2)cc1. The van der Waals surface area contributed by atoms with Crippen LogP contribution in [0.15, 0.2) is 42.5 Å². The Morgan fingerprint density at radius 3 is 2.46 bits per heavy atom. The van der Waals surface area contributed by atoms with Crippen LogP contribution in [-0.4, -0.2) is 29.0 Å². The predicted octanol–water partition coefficient (Wildman–Crippen LogP) is 3.20. The fourth-order valence-corrected chi connectivity index (χ4v) is 2.49. The molecule has 0 aliphatic rings. The van der Waals surface area contributed by atoms with E-state index in [1.54, 1.807) is 24.3 Å². The van der Waals surface area contributed by atoms with Crippen molar-refractivity contribution in [2.45, 2.75) is 12.5 Å². The molecule has 0 bridgehead atoms. The summed E-state index contributed by atoms with van der Waals surface area (Å²) in [6.07, 6.45) is -0.353. The van der Waals surface area contributed by atoms with E-state index >= 15 is 0 Å². The minimum absolute atomic E-state index is 0.00463. The Bertz CT molecular complexity index is 838. The van der Waals surface area contributed by atoms with Gasteiger partial charge >= 0.3 is 5.97 Å². The summed E-state index contributed by atoms with van der Waals surface area (Å²) in [7, 11) is 1.50. The van der Waals surface area contributed by atoms with Crippen LogP contribution in [0, 0.1) is 10.1 Å². The smallest absolute Gasteiger partial charge is 0.305 e. The Kier molecular flexibility index (Phi) is 6.13. The summed E-state index contributed by atoms with van der Waals surface area (Å²) in [6.45, 7) is 0. The molecule has 2 N–H and O–H groups in total. The molecule has 2 aromatic carbocycles. The summed E-state index contributed by atoms with van der Waals surface area (Å²) in [5, 5.41) is 22.5. The fourth-order valence-electron chi connectivity index (χ4n) is 2.30. The molecule has 0 spiro atoms. The molecule has 26 heavy (non-hydrogen) atoms. The van der Waals surface area contributed by atoms with Crippen molar-refractivity contribution >= 4 is 29.2 Å². The van der Waals surface area contributed by atoms with Crippen LogP contribution < -0.4 is 10.1 Å². The average molecular weight is 379 g/mol. The van der Waals surface area contributed by atoms with Crippen molar-refractivity contribution < 1.29 is 24.4 Å². The van der Waals surface area contributed by atoms with E-state index in [0.717, 1.165) is 6.07 Å². The molecule has 1 atom stereocenters. The zero-order valence-electron chi connectivity index (χ0n) is 13.6. The van der Waals surface area contributed by atoms with Gasteiger partial charge in [-0.15, -0.1) is 0 Å². The van der Waals surface area contributed by atoms with Crippen LogP contribution in [0.25, 0.3) is 0 Å². The number of benzene rings is 2. The van der Waals surface area contributed by atoms with Gasteiger partial charge in [0.15, 0.2) is 0 Å². The first-order valence-electron chi connectivity index (χ1n) is 7.42. The highest BCUT2D eigenvalue weighted by Gasteiger charge is 2.21. The van der Waals surface area contributed by atoms with E-state index in [1.165, 1.54) is 19.2 Å². The number of aliphatic carboxylic acids is 1. The molecule has 0 aromatic heterocycles. The number of hydrogen-bond acceptors (Lipinski definition) is 5. The number of nitro groups is 1. The summed E-state index contributed by atoms with van der Waals surface area (Å²) in [5.41, 5.74) is 0.161. The number of nitro benzene ring substituents is 1. The van der Waals surface area contributed by atoms with Crippen molar-refractivity contribution in [1.29, 1.82) is 0 Å². The number of carboxylic acids is 1. The van der Waals surface area contributed by atoms with Crippen LogP contribution in [0.2, 0.25) is 5.02 Å². The summed E-state index contributed by atoms with van der Waals surface area (Å²) in [4.78, 5) is 33.8. The average Bonchev–Trinajstić information content (AvgIpc) is 2.61. The maximum absolute atomic E-state index is 12.4. The van der Waals surface area contributed by atoms with E-state index in [4.69, 9.17) is 21.4 Å². The van der Waals surface area contributed by atoms with Crippen LogP contribution in [0.5, 0.6) is 5.75 Å². The monoisotopic (exact) mass is 378 g/mol. The molecule has 0 heterocycles. The number of nitrogens with one attached hydrogen (secondary N) is 1. The number of rotatable bonds is 7. The Morgan fingerprint density at radius 2 is 1.92 bits per heavy atom. The number of carbonyl (C=O) groups is 2. The largest absolute Gasteiger partial charge is 0.497 e. The van der Waals surface area contributed by atoms with E-state index in [0.29, 0.717) is 11.3 Å². The highest BCUT2D eigenvalue weighted by Crippen LogP contribution is 2.26. The molecular formula is C17H15ClN2O6. The van der Waals surface area contributed by atoms with Gasteiger partial charge in [-0.25, -0.2) is 0 Å². The maximum Gasteiger partial charge on any atom is 0.305 e. The first-order valence-corrected chi connectivity index (χ1v) is 7.80. The molecule has 1 amide bonds. The number of nitrogens with zero attached hydrogens (tertiary/aromatic N) is 1. The zero-order valence-corrected chi connectivity index (χ0v) is 14.4. The van der Waals surface area contributed by atoms with Gasteiger partial charge in [-0.05, 0) is 29.8 Å². The van der Waals surface area contributed by atoms with Gasteiger partial charge < -0.3 is 15.2 Å². The molecule has 0 aliphatic heterocycles. The molecule has 0 saturated heterocycles. The summed E-state index contributed by atoms with van der Waals surface area (Å²) in [5.74, 6) is -1.16. The Labute approximate surface area is 153 Å². The van der Waals surface area contributed by atoms with E-state index in [1.807, 2.05) is 0 Å². The van der Waals surface area contributed by atoms with Crippen LogP contribution in [-0.2, 0) is 4.79 Å². The second kappa shape index (κ2) is 8.30. The number of carboxylic acid groups (broad SMARTS) is 1. The molecule has 0 saturated carbocycles. The van der Waals surface area contributed by atoms with E-state index < -0.39 is 28.5 Å². The first kappa shape index (κ1) is 19.2. The molecule has 0 unspecified atom stereocenters. The normalized spacial score (nSPS) is 11.5. The highest BCUT2D eigenvalue weighted by atomic mass is 35.5. The van der Waals surface area contributed by atoms with Crippen molar-refractivity contribution in [3.05, 3.63) is 68.7 Å². The van der Waals surface area contributed by atoms with Gasteiger partial charge in [0.2, 0.25) is 0 Å². The number of halogens is 1. The lowest BCUT2D eigenvalue weighted by Gasteiger charge is -2.18. The lowest BCUT2D eigenvalue weighted by Crippen LogP contribution is -2.30. The number of amides is 1. The molecule has 9 heteroatoms. The van der Waals surface area contributed by atoms with Crippen molar-refractivity contribution in [2.75, 3.05) is 7.11 Å². The number of carbonyl (C=O) groups excluding carboxylic acids is 1. The number of methoxy groups -OCH3 is 1. The third kappa shape index (κ3) is 4.70. The summed E-state index contributed by atoms with van der Waals surface area (Å²) >= 11 is 5.73. The van der Waals surface area contributed by atoms with Gasteiger partial charge in [-0.3, -0.25) is 19.7 Å². The topological polar surface area (TPSA) is 119 Å². The van der Waals surface area contributed by atoms with Gasteiger partial charge in [-0.2, -0.15) is 0 Å². The van der Waals surface area contributed by atoms with E-state index in [9.17, 15) is 19.7 Å². The second-order valence-corrected chi connectivity index (χ2v) is 5.73.